The van der Waals surface area contributed by atoms with E-state index in [4.69, 9.17) is 0 Å². The topological polar surface area (TPSA) is 129 Å². The number of hydrogen-bond acceptors (Lipinski definition) is 4. The van der Waals surface area contributed by atoms with Crippen molar-refractivity contribution >= 4 is 41.4 Å². The number of Topliss-reactive ketones (excluding diaryl/α,β-unsaturated/α-hetero) is 1. The first-order valence-corrected chi connectivity index (χ1v) is 13.6. The standard InChI is InChI=1S/C26H30N3O6P/c1-18(30)22-16-28(23-12-11-20(15-21(22)23)36(33,34)35)17-25(31)29-14-6-10-24(29)26(32)27-13-5-9-19-7-3-2-4-8-19/h2-4,7-8,11-12,15-16,24H,5-6,9-10,13-14,17H2,1H3,(H,27,32)(H2,33,34,35)/t24-/m0/s1. The van der Waals surface area contributed by atoms with Gasteiger partial charge in [-0.2, -0.15) is 0 Å². The number of ketones is 1. The van der Waals surface area contributed by atoms with Crippen molar-refractivity contribution in [3.63, 3.8) is 0 Å². The van der Waals surface area contributed by atoms with Crippen LogP contribution in [0.4, 0.5) is 0 Å². The second-order valence-corrected chi connectivity index (χ2v) is 10.7. The van der Waals surface area contributed by atoms with E-state index in [9.17, 15) is 28.7 Å². The van der Waals surface area contributed by atoms with E-state index in [-0.39, 0.29) is 35.0 Å². The van der Waals surface area contributed by atoms with Crippen LogP contribution in [0.2, 0.25) is 0 Å². The summed E-state index contributed by atoms with van der Waals surface area (Å²) in [5.41, 5.74) is 2.01. The Balaban J connectivity index is 1.43. The lowest BCUT2D eigenvalue weighted by atomic mass is 10.1. The second-order valence-electron chi connectivity index (χ2n) is 9.10. The van der Waals surface area contributed by atoms with E-state index in [0.29, 0.717) is 30.4 Å². The molecule has 0 spiro atoms. The summed E-state index contributed by atoms with van der Waals surface area (Å²) in [5.74, 6) is -0.687. The van der Waals surface area contributed by atoms with Crippen LogP contribution in [0.5, 0.6) is 0 Å². The van der Waals surface area contributed by atoms with Gasteiger partial charge in [0.2, 0.25) is 11.8 Å². The molecule has 0 bridgehead atoms. The maximum Gasteiger partial charge on any atom is 0.356 e. The molecule has 36 heavy (non-hydrogen) atoms. The average molecular weight is 512 g/mol. The molecule has 1 aliphatic rings. The molecule has 2 amide bonds. The first kappa shape index (κ1) is 25.8. The van der Waals surface area contributed by atoms with Gasteiger partial charge >= 0.3 is 7.60 Å². The molecule has 9 nitrogen and oxygen atoms in total. The predicted molar refractivity (Wildman–Crippen MR) is 136 cm³/mol. The summed E-state index contributed by atoms with van der Waals surface area (Å²) in [5, 5.41) is 3.14. The van der Waals surface area contributed by atoms with Gasteiger partial charge in [-0.3, -0.25) is 18.9 Å². The number of nitrogens with zero attached hydrogens (tertiary/aromatic N) is 2. The number of nitrogens with one attached hydrogen (secondary N) is 1. The van der Waals surface area contributed by atoms with Crippen LogP contribution in [-0.2, 0) is 27.1 Å². The molecule has 0 unspecified atom stereocenters. The van der Waals surface area contributed by atoms with Gasteiger partial charge in [0.05, 0.1) is 5.30 Å². The Morgan fingerprint density at radius 3 is 2.56 bits per heavy atom. The van der Waals surface area contributed by atoms with Gasteiger partial charge < -0.3 is 24.6 Å². The van der Waals surface area contributed by atoms with E-state index in [1.807, 2.05) is 18.2 Å². The molecule has 3 aromatic rings. The quantitative estimate of drug-likeness (QED) is 0.230. The van der Waals surface area contributed by atoms with Gasteiger partial charge in [0.25, 0.3) is 0 Å². The molecule has 1 aliphatic heterocycles. The van der Waals surface area contributed by atoms with E-state index in [1.54, 1.807) is 9.47 Å². The van der Waals surface area contributed by atoms with Crippen LogP contribution >= 0.6 is 7.60 Å². The number of hydrogen-bond donors (Lipinski definition) is 3. The second kappa shape index (κ2) is 10.8. The summed E-state index contributed by atoms with van der Waals surface area (Å²) < 4.78 is 13.3. The van der Waals surface area contributed by atoms with E-state index in [0.717, 1.165) is 19.3 Å². The Morgan fingerprint density at radius 2 is 1.86 bits per heavy atom. The number of rotatable bonds is 9. The fraction of sp³-hybridized carbons (Fsp3) is 0.346. The molecule has 1 aromatic heterocycles. The zero-order valence-corrected chi connectivity index (χ0v) is 21.0. The fourth-order valence-electron chi connectivity index (χ4n) is 4.72. The molecule has 2 heterocycles. The largest absolute Gasteiger partial charge is 0.356 e. The predicted octanol–water partition coefficient (Wildman–Crippen LogP) is 2.39. The van der Waals surface area contributed by atoms with Crippen molar-refractivity contribution in [1.29, 1.82) is 0 Å². The SMILES string of the molecule is CC(=O)c1cn(CC(=O)N2CCC[C@H]2C(=O)NCCCc2ccccc2)c2ccc(P(=O)(O)O)cc12. The van der Waals surface area contributed by atoms with Crippen molar-refractivity contribution in [3.05, 3.63) is 65.9 Å². The Kier molecular flexibility index (Phi) is 7.73. The highest BCUT2D eigenvalue weighted by Crippen LogP contribution is 2.35. The van der Waals surface area contributed by atoms with Gasteiger partial charge in [-0.25, -0.2) is 0 Å². The lowest BCUT2D eigenvalue weighted by Crippen LogP contribution is -2.47. The first-order valence-electron chi connectivity index (χ1n) is 12.0. The van der Waals surface area contributed by atoms with Crippen molar-refractivity contribution in [3.8, 4) is 0 Å². The number of benzene rings is 2. The molecule has 1 fully saturated rings. The van der Waals surface area contributed by atoms with Gasteiger partial charge in [-0.1, -0.05) is 30.3 Å². The number of aromatic nitrogens is 1. The van der Waals surface area contributed by atoms with E-state index in [2.05, 4.69) is 17.4 Å². The highest BCUT2D eigenvalue weighted by Gasteiger charge is 2.34. The number of fused-ring (bicyclic) bond motifs is 1. The van der Waals surface area contributed by atoms with Crippen LogP contribution in [0.15, 0.2) is 54.7 Å². The zero-order valence-electron chi connectivity index (χ0n) is 20.1. The molecule has 190 valence electrons. The van der Waals surface area contributed by atoms with Crippen LogP contribution in [-0.4, -0.2) is 56.0 Å². The summed E-state index contributed by atoms with van der Waals surface area (Å²) in [6, 6.07) is 13.6. The lowest BCUT2D eigenvalue weighted by molar-refractivity contribution is -0.138. The van der Waals surface area contributed by atoms with Crippen LogP contribution in [0.3, 0.4) is 0 Å². The Morgan fingerprint density at radius 1 is 1.11 bits per heavy atom. The minimum absolute atomic E-state index is 0.0865. The molecule has 1 saturated heterocycles. The number of likely N-dealkylation sites (tertiary alicyclic amines) is 1. The highest BCUT2D eigenvalue weighted by molar-refractivity contribution is 7.60. The Labute approximate surface area is 209 Å². The van der Waals surface area contributed by atoms with Crippen molar-refractivity contribution in [2.45, 2.75) is 45.2 Å². The summed E-state index contributed by atoms with van der Waals surface area (Å²) in [7, 11) is -4.50. The molecular weight excluding hydrogens is 481 g/mol. The van der Waals surface area contributed by atoms with Gasteiger partial charge in [0.1, 0.15) is 12.6 Å². The van der Waals surface area contributed by atoms with Crippen LogP contribution in [0.25, 0.3) is 10.9 Å². The number of aryl methyl sites for hydroxylation is 1. The zero-order chi connectivity index (χ0) is 25.9. The summed E-state index contributed by atoms with van der Waals surface area (Å²) >= 11 is 0. The van der Waals surface area contributed by atoms with Crippen molar-refractivity contribution in [2.75, 3.05) is 13.1 Å². The van der Waals surface area contributed by atoms with Gasteiger partial charge in [0, 0.05) is 35.8 Å². The van der Waals surface area contributed by atoms with Crippen LogP contribution in [0, 0.1) is 0 Å². The first-order chi connectivity index (χ1) is 17.1. The van der Waals surface area contributed by atoms with Gasteiger partial charge in [0.15, 0.2) is 5.78 Å². The molecule has 0 radical (unpaired) electrons. The molecule has 2 aromatic carbocycles. The highest BCUT2D eigenvalue weighted by atomic mass is 31.2. The van der Waals surface area contributed by atoms with Crippen molar-refractivity contribution in [1.82, 2.24) is 14.8 Å². The number of amides is 2. The third kappa shape index (κ3) is 5.75. The average Bonchev–Trinajstić information content (AvgIpc) is 3.47. The van der Waals surface area contributed by atoms with Gasteiger partial charge in [-0.05, 0) is 56.4 Å². The third-order valence-corrected chi connectivity index (χ3v) is 7.50. The summed E-state index contributed by atoms with van der Waals surface area (Å²) in [6.07, 6.45) is 4.51. The lowest BCUT2D eigenvalue weighted by Gasteiger charge is -2.24. The molecule has 1 atom stereocenters. The fourth-order valence-corrected chi connectivity index (χ4v) is 5.28. The molecule has 0 aliphatic carbocycles. The minimum atomic E-state index is -4.50. The number of carbonyl (C=O) groups excluding carboxylic acids is 3. The Hall–Kier alpha value is -3.26. The molecule has 3 N–H and O–H groups in total. The van der Waals surface area contributed by atoms with E-state index >= 15 is 0 Å². The smallest absolute Gasteiger partial charge is 0.354 e. The van der Waals surface area contributed by atoms with Gasteiger partial charge in [-0.15, -0.1) is 0 Å². The van der Waals surface area contributed by atoms with E-state index < -0.39 is 13.6 Å². The molecular formula is C26H30N3O6P. The molecule has 0 saturated carbocycles. The molecule has 10 heteroatoms. The van der Waals surface area contributed by atoms with Crippen LogP contribution < -0.4 is 10.6 Å². The van der Waals surface area contributed by atoms with E-state index in [1.165, 1.54) is 36.9 Å². The summed E-state index contributed by atoms with van der Waals surface area (Å²) in [4.78, 5) is 58.8. The monoisotopic (exact) mass is 511 g/mol. The van der Waals surface area contributed by atoms with Crippen molar-refractivity contribution in [2.24, 2.45) is 0 Å². The third-order valence-electron chi connectivity index (χ3n) is 6.55. The van der Waals surface area contributed by atoms with Crippen molar-refractivity contribution < 1.29 is 28.7 Å². The van der Waals surface area contributed by atoms with Crippen LogP contribution in [0.1, 0.15) is 42.1 Å². The maximum atomic E-state index is 13.2. The maximum absolute atomic E-state index is 13.2. The molecule has 4 rings (SSSR count). The number of carbonyl (C=O) groups is 3. The minimum Gasteiger partial charge on any atom is -0.354 e. The Bertz CT molecular complexity index is 1330. The normalized spacial score (nSPS) is 15.9. The summed E-state index contributed by atoms with van der Waals surface area (Å²) in [6.45, 7) is 2.28.